The Bertz CT molecular complexity index is 459. The topological polar surface area (TPSA) is 89.5 Å². The van der Waals surface area contributed by atoms with E-state index in [0.717, 1.165) is 17.7 Å². The quantitative estimate of drug-likeness (QED) is 0.592. The van der Waals surface area contributed by atoms with Gasteiger partial charge >= 0.3 is 0 Å². The molecule has 0 aromatic heterocycles. The summed E-state index contributed by atoms with van der Waals surface area (Å²) in [6.45, 7) is 0.785. The van der Waals surface area contributed by atoms with Crippen molar-refractivity contribution in [2.45, 2.75) is 6.42 Å². The largest absolute Gasteiger partial charge is 0.368 e. The smallest absolute Gasteiger partial charge is 0.271 e. The van der Waals surface area contributed by atoms with E-state index in [1.807, 2.05) is 0 Å². The van der Waals surface area contributed by atoms with Crippen LogP contribution in [0.4, 0.5) is 11.4 Å². The van der Waals surface area contributed by atoms with Gasteiger partial charge in [0.05, 0.1) is 11.5 Å². The monoisotopic (exact) mass is 221 g/mol. The Labute approximate surface area is 91.8 Å². The molecule has 1 amide bonds. The van der Waals surface area contributed by atoms with E-state index in [4.69, 9.17) is 5.73 Å². The van der Waals surface area contributed by atoms with Gasteiger partial charge in [0.15, 0.2) is 0 Å². The van der Waals surface area contributed by atoms with Gasteiger partial charge in [-0.2, -0.15) is 0 Å². The lowest BCUT2D eigenvalue weighted by atomic mass is 10.1. The lowest BCUT2D eigenvalue weighted by Crippen LogP contribution is -2.32. The number of nitrogens with two attached hydrogens (primary N) is 1. The van der Waals surface area contributed by atoms with Crippen molar-refractivity contribution in [3.8, 4) is 0 Å². The molecule has 1 heterocycles. The van der Waals surface area contributed by atoms with E-state index in [-0.39, 0.29) is 12.2 Å². The predicted molar refractivity (Wildman–Crippen MR) is 58.2 cm³/mol. The van der Waals surface area contributed by atoms with Crippen LogP contribution < -0.4 is 10.6 Å². The Morgan fingerprint density at radius 2 is 2.31 bits per heavy atom. The summed E-state index contributed by atoms with van der Waals surface area (Å²) in [6.07, 6.45) is 0.792. The van der Waals surface area contributed by atoms with Gasteiger partial charge in [-0.3, -0.25) is 14.9 Å². The number of rotatable bonds is 3. The zero-order valence-corrected chi connectivity index (χ0v) is 8.55. The average molecular weight is 221 g/mol. The van der Waals surface area contributed by atoms with E-state index >= 15 is 0 Å². The van der Waals surface area contributed by atoms with E-state index in [9.17, 15) is 14.9 Å². The molecule has 2 N–H and O–H groups in total. The summed E-state index contributed by atoms with van der Waals surface area (Å²) in [4.78, 5) is 22.8. The highest BCUT2D eigenvalue weighted by Gasteiger charge is 2.22. The number of amides is 1. The summed E-state index contributed by atoms with van der Waals surface area (Å²) < 4.78 is 0. The van der Waals surface area contributed by atoms with Crippen molar-refractivity contribution in [1.29, 1.82) is 0 Å². The van der Waals surface area contributed by atoms with Gasteiger partial charge in [-0.1, -0.05) is 6.07 Å². The van der Waals surface area contributed by atoms with E-state index in [1.54, 1.807) is 11.0 Å². The van der Waals surface area contributed by atoms with Crippen LogP contribution in [-0.2, 0) is 11.2 Å². The number of benzene rings is 1. The number of hydrogen-bond acceptors (Lipinski definition) is 4. The maximum Gasteiger partial charge on any atom is 0.271 e. The summed E-state index contributed by atoms with van der Waals surface area (Å²) >= 11 is 0. The second kappa shape index (κ2) is 3.80. The van der Waals surface area contributed by atoms with Crippen LogP contribution in [0.15, 0.2) is 18.2 Å². The minimum Gasteiger partial charge on any atom is -0.368 e. The number of anilines is 1. The molecule has 0 atom stereocenters. The molecule has 6 nitrogen and oxygen atoms in total. The summed E-state index contributed by atoms with van der Waals surface area (Å²) in [5, 5.41) is 10.6. The Kier molecular flexibility index (Phi) is 2.47. The molecule has 16 heavy (non-hydrogen) atoms. The van der Waals surface area contributed by atoms with Gasteiger partial charge in [-0.15, -0.1) is 0 Å². The van der Waals surface area contributed by atoms with Crippen LogP contribution in [0.3, 0.4) is 0 Å². The molecule has 0 radical (unpaired) electrons. The van der Waals surface area contributed by atoms with Gasteiger partial charge in [0, 0.05) is 24.4 Å². The minimum atomic E-state index is -0.443. The molecule has 84 valence electrons. The van der Waals surface area contributed by atoms with E-state index in [1.165, 1.54) is 12.1 Å². The van der Waals surface area contributed by atoms with Crippen molar-refractivity contribution in [3.63, 3.8) is 0 Å². The molecule has 1 aromatic rings. The molecule has 0 spiro atoms. The van der Waals surface area contributed by atoms with Crippen LogP contribution in [0.2, 0.25) is 0 Å². The summed E-state index contributed by atoms with van der Waals surface area (Å²) in [5.74, 6) is -0.431. The fraction of sp³-hybridized carbons (Fsp3) is 0.300. The molecule has 1 aliphatic rings. The number of hydrogen-bond donors (Lipinski definition) is 1. The standard InChI is InChI=1S/C10H11N3O3/c11-10(14)6-12-4-3-7-1-2-8(13(15)16)5-9(7)12/h1-2,5H,3-4,6H2,(H2,11,14). The lowest BCUT2D eigenvalue weighted by Gasteiger charge is -2.16. The first-order valence-corrected chi connectivity index (χ1v) is 4.88. The molecule has 0 bridgehead atoms. The molecular weight excluding hydrogens is 210 g/mol. The number of carbonyl (C=O) groups excluding carboxylic acids is 1. The van der Waals surface area contributed by atoms with Crippen molar-refractivity contribution in [2.24, 2.45) is 5.73 Å². The maximum atomic E-state index is 10.8. The first-order valence-electron chi connectivity index (χ1n) is 4.88. The van der Waals surface area contributed by atoms with Crippen molar-refractivity contribution >= 4 is 17.3 Å². The Morgan fingerprint density at radius 3 is 2.94 bits per heavy atom. The van der Waals surface area contributed by atoms with Crippen molar-refractivity contribution in [2.75, 3.05) is 18.0 Å². The van der Waals surface area contributed by atoms with Crippen molar-refractivity contribution < 1.29 is 9.72 Å². The predicted octanol–water partition coefficient (Wildman–Crippen LogP) is 0.443. The van der Waals surface area contributed by atoms with E-state index < -0.39 is 10.8 Å². The number of carbonyl (C=O) groups is 1. The second-order valence-electron chi connectivity index (χ2n) is 3.71. The van der Waals surface area contributed by atoms with Gasteiger partial charge in [-0.25, -0.2) is 0 Å². The first-order chi connectivity index (χ1) is 7.58. The SMILES string of the molecule is NC(=O)CN1CCc2ccc([N+](=O)[O-])cc21. The van der Waals surface area contributed by atoms with Crippen LogP contribution in [0.25, 0.3) is 0 Å². The van der Waals surface area contributed by atoms with Crippen LogP contribution >= 0.6 is 0 Å². The normalized spacial score (nSPS) is 13.6. The average Bonchev–Trinajstić information content (AvgIpc) is 2.60. The third-order valence-corrected chi connectivity index (χ3v) is 2.62. The Morgan fingerprint density at radius 1 is 1.56 bits per heavy atom. The highest BCUT2D eigenvalue weighted by atomic mass is 16.6. The number of nitro groups is 1. The van der Waals surface area contributed by atoms with Crippen molar-refractivity contribution in [1.82, 2.24) is 0 Å². The third-order valence-electron chi connectivity index (χ3n) is 2.62. The highest BCUT2D eigenvalue weighted by molar-refractivity contribution is 5.81. The molecule has 0 saturated heterocycles. The fourth-order valence-electron chi connectivity index (χ4n) is 1.90. The van der Waals surface area contributed by atoms with Gasteiger partial charge < -0.3 is 10.6 Å². The van der Waals surface area contributed by atoms with Crippen LogP contribution in [0.5, 0.6) is 0 Å². The maximum absolute atomic E-state index is 10.8. The minimum absolute atomic E-state index is 0.0371. The second-order valence-corrected chi connectivity index (χ2v) is 3.71. The molecular formula is C10H11N3O3. The van der Waals surface area contributed by atoms with E-state index in [0.29, 0.717) is 6.54 Å². The number of primary amides is 1. The molecule has 1 aromatic carbocycles. The molecule has 0 aliphatic carbocycles. The zero-order valence-electron chi connectivity index (χ0n) is 8.55. The number of nitro benzene ring substituents is 1. The molecule has 0 saturated carbocycles. The summed E-state index contributed by atoms with van der Waals surface area (Å²) in [5.41, 5.74) is 6.91. The molecule has 2 rings (SSSR count). The van der Waals surface area contributed by atoms with Crippen molar-refractivity contribution in [3.05, 3.63) is 33.9 Å². The van der Waals surface area contributed by atoms with Gasteiger partial charge in [0.1, 0.15) is 0 Å². The van der Waals surface area contributed by atoms with E-state index in [2.05, 4.69) is 0 Å². The Hall–Kier alpha value is -2.11. The summed E-state index contributed by atoms with van der Waals surface area (Å²) in [7, 11) is 0. The number of fused-ring (bicyclic) bond motifs is 1. The number of non-ortho nitro benzene ring substituents is 1. The summed E-state index contributed by atoms with van der Waals surface area (Å²) in [6, 6.07) is 4.70. The fourth-order valence-corrected chi connectivity index (χ4v) is 1.90. The lowest BCUT2D eigenvalue weighted by molar-refractivity contribution is -0.384. The highest BCUT2D eigenvalue weighted by Crippen LogP contribution is 2.31. The molecule has 0 unspecified atom stereocenters. The first kappa shape index (κ1) is 10.4. The van der Waals surface area contributed by atoms with Crippen LogP contribution in [-0.4, -0.2) is 23.9 Å². The van der Waals surface area contributed by atoms with Gasteiger partial charge in [-0.05, 0) is 12.0 Å². The van der Waals surface area contributed by atoms with Crippen LogP contribution in [0.1, 0.15) is 5.56 Å². The zero-order chi connectivity index (χ0) is 11.7. The van der Waals surface area contributed by atoms with Gasteiger partial charge in [0.25, 0.3) is 5.69 Å². The molecule has 1 aliphatic heterocycles. The van der Waals surface area contributed by atoms with Crippen LogP contribution in [0, 0.1) is 10.1 Å². The molecule has 0 fully saturated rings. The number of nitrogens with zero attached hydrogens (tertiary/aromatic N) is 2. The third kappa shape index (κ3) is 1.81. The van der Waals surface area contributed by atoms with Gasteiger partial charge in [0.2, 0.25) is 5.91 Å². The molecule has 6 heteroatoms. The Balaban J connectivity index is 2.33.